The van der Waals surface area contributed by atoms with Crippen molar-refractivity contribution in [1.29, 1.82) is 0 Å². The molecule has 1 aromatic carbocycles. The predicted molar refractivity (Wildman–Crippen MR) is 127 cm³/mol. The van der Waals surface area contributed by atoms with Crippen LogP contribution in [-0.4, -0.2) is 44.7 Å². The molecule has 2 N–H and O–H groups in total. The number of nitrogens with one attached hydrogen (secondary N) is 1. The van der Waals surface area contributed by atoms with E-state index in [-0.39, 0.29) is 12.3 Å². The number of aryl methyl sites for hydroxylation is 1. The van der Waals surface area contributed by atoms with Crippen molar-refractivity contribution in [3.05, 3.63) is 66.4 Å². The smallest absolute Gasteiger partial charge is 0.313 e. The fourth-order valence-corrected chi connectivity index (χ4v) is 3.81. The van der Waals surface area contributed by atoms with Gasteiger partial charge in [-0.05, 0) is 61.2 Å². The SMILES string of the molecule is COc1ccc(-c2cnc(-c3ncc(-c4cnc(OCC5(C(=O)O)CC5)cc4C)cc3F)[nH]2)cc1. The summed E-state index contributed by atoms with van der Waals surface area (Å²) in [4.78, 5) is 27.3. The maximum atomic E-state index is 15.0. The van der Waals surface area contributed by atoms with E-state index in [1.807, 2.05) is 31.2 Å². The Bertz CT molecular complexity index is 1400. The van der Waals surface area contributed by atoms with E-state index in [1.54, 1.807) is 31.8 Å². The number of hydrogen-bond donors (Lipinski definition) is 2. The topological polar surface area (TPSA) is 110 Å². The Morgan fingerprint density at radius 1 is 1.09 bits per heavy atom. The Hall–Kier alpha value is -4.27. The quantitative estimate of drug-likeness (QED) is 0.374. The van der Waals surface area contributed by atoms with Gasteiger partial charge in [0.25, 0.3) is 0 Å². The summed E-state index contributed by atoms with van der Waals surface area (Å²) in [5.41, 5.74) is 3.02. The summed E-state index contributed by atoms with van der Waals surface area (Å²) < 4.78 is 25.8. The van der Waals surface area contributed by atoms with E-state index in [9.17, 15) is 9.90 Å². The average Bonchev–Trinajstić information content (AvgIpc) is 3.51. The van der Waals surface area contributed by atoms with Crippen molar-refractivity contribution in [3.8, 4) is 45.5 Å². The summed E-state index contributed by atoms with van der Waals surface area (Å²) in [5.74, 6) is 0.0415. The minimum atomic E-state index is -0.847. The van der Waals surface area contributed by atoms with Crippen molar-refractivity contribution in [2.75, 3.05) is 13.7 Å². The molecule has 5 rings (SSSR count). The number of ether oxygens (including phenoxy) is 2. The number of halogens is 1. The number of methoxy groups -OCH3 is 1. The van der Waals surface area contributed by atoms with Gasteiger partial charge in [-0.2, -0.15) is 0 Å². The normalized spacial score (nSPS) is 13.9. The van der Waals surface area contributed by atoms with E-state index < -0.39 is 17.2 Å². The maximum absolute atomic E-state index is 15.0. The lowest BCUT2D eigenvalue weighted by Crippen LogP contribution is -2.23. The van der Waals surface area contributed by atoms with Gasteiger partial charge in [-0.25, -0.2) is 19.3 Å². The highest BCUT2D eigenvalue weighted by atomic mass is 19.1. The van der Waals surface area contributed by atoms with Gasteiger partial charge < -0.3 is 19.6 Å². The number of hydrogen-bond acceptors (Lipinski definition) is 6. The first-order valence-electron chi connectivity index (χ1n) is 11.1. The second kappa shape index (κ2) is 8.83. The van der Waals surface area contributed by atoms with Crippen molar-refractivity contribution >= 4 is 5.97 Å². The van der Waals surface area contributed by atoms with Gasteiger partial charge in [0.05, 0.1) is 19.0 Å². The first-order chi connectivity index (χ1) is 16.9. The molecule has 0 bridgehead atoms. The molecule has 0 unspecified atom stereocenters. The molecule has 0 atom stereocenters. The fourth-order valence-electron chi connectivity index (χ4n) is 3.81. The maximum Gasteiger partial charge on any atom is 0.313 e. The van der Waals surface area contributed by atoms with Crippen LogP contribution in [0.1, 0.15) is 18.4 Å². The zero-order valence-electron chi connectivity index (χ0n) is 19.2. The number of rotatable bonds is 8. The molecule has 178 valence electrons. The first-order valence-corrected chi connectivity index (χ1v) is 11.1. The Kier molecular flexibility index (Phi) is 5.68. The highest BCUT2D eigenvalue weighted by molar-refractivity contribution is 5.78. The third-order valence-corrected chi connectivity index (χ3v) is 6.24. The summed E-state index contributed by atoms with van der Waals surface area (Å²) in [7, 11) is 1.60. The average molecular weight is 474 g/mol. The standard InChI is InChI=1S/C26H23FN4O4/c1-15-9-22(35-14-26(7-8-26)25(32)33)28-12-19(15)17-10-20(27)23(29-11-17)24-30-13-21(31-24)16-3-5-18(34-2)6-4-16/h3-6,9-13H,7-8,14H2,1-2H3,(H,30,31)(H,32,33). The predicted octanol–water partition coefficient (Wildman–Crippen LogP) is 4.90. The van der Waals surface area contributed by atoms with E-state index in [4.69, 9.17) is 9.47 Å². The van der Waals surface area contributed by atoms with E-state index in [2.05, 4.69) is 19.9 Å². The van der Waals surface area contributed by atoms with Crippen LogP contribution in [0.25, 0.3) is 33.9 Å². The number of aromatic amines is 1. The number of carboxylic acid groups (broad SMARTS) is 1. The van der Waals surface area contributed by atoms with Gasteiger partial charge >= 0.3 is 5.97 Å². The molecule has 1 fully saturated rings. The van der Waals surface area contributed by atoms with Crippen LogP contribution >= 0.6 is 0 Å². The molecule has 0 amide bonds. The van der Waals surface area contributed by atoms with Gasteiger partial charge in [-0.1, -0.05) is 0 Å². The third-order valence-electron chi connectivity index (χ3n) is 6.24. The largest absolute Gasteiger partial charge is 0.497 e. The Labute approximate surface area is 200 Å². The molecule has 0 radical (unpaired) electrons. The molecular weight excluding hydrogens is 451 g/mol. The number of carboxylic acids is 1. The van der Waals surface area contributed by atoms with Crippen LogP contribution in [0.15, 0.2) is 55.0 Å². The second-order valence-corrected chi connectivity index (χ2v) is 8.64. The van der Waals surface area contributed by atoms with Gasteiger partial charge in [0, 0.05) is 29.6 Å². The van der Waals surface area contributed by atoms with Crippen LogP contribution in [0.5, 0.6) is 11.6 Å². The Balaban J connectivity index is 1.33. The van der Waals surface area contributed by atoms with E-state index in [0.29, 0.717) is 35.7 Å². The zero-order valence-corrected chi connectivity index (χ0v) is 19.2. The fraction of sp³-hybridized carbons (Fsp3) is 0.231. The zero-order chi connectivity index (χ0) is 24.6. The van der Waals surface area contributed by atoms with Crippen LogP contribution in [0.3, 0.4) is 0 Å². The molecule has 9 heteroatoms. The number of imidazole rings is 1. The molecule has 8 nitrogen and oxygen atoms in total. The minimum absolute atomic E-state index is 0.0840. The lowest BCUT2D eigenvalue weighted by Gasteiger charge is -2.13. The van der Waals surface area contributed by atoms with Crippen molar-refractivity contribution in [1.82, 2.24) is 19.9 Å². The summed E-state index contributed by atoms with van der Waals surface area (Å²) in [6.07, 6.45) is 5.99. The number of nitrogens with zero attached hydrogens (tertiary/aromatic N) is 3. The van der Waals surface area contributed by atoms with Gasteiger partial charge in [0.2, 0.25) is 5.88 Å². The van der Waals surface area contributed by atoms with E-state index in [1.165, 1.54) is 6.07 Å². The summed E-state index contributed by atoms with van der Waals surface area (Å²) in [5, 5.41) is 9.28. The molecule has 0 saturated heterocycles. The lowest BCUT2D eigenvalue weighted by molar-refractivity contribution is -0.144. The molecular formula is C26H23FN4O4. The van der Waals surface area contributed by atoms with Crippen LogP contribution in [0.4, 0.5) is 4.39 Å². The van der Waals surface area contributed by atoms with Crippen molar-refractivity contribution in [3.63, 3.8) is 0 Å². The summed E-state index contributed by atoms with van der Waals surface area (Å²) >= 11 is 0. The van der Waals surface area contributed by atoms with Gasteiger partial charge in [-0.3, -0.25) is 4.79 Å². The minimum Gasteiger partial charge on any atom is -0.497 e. The van der Waals surface area contributed by atoms with Crippen molar-refractivity contribution in [2.24, 2.45) is 5.41 Å². The van der Waals surface area contributed by atoms with E-state index >= 15 is 4.39 Å². The first kappa shape index (κ1) is 22.5. The number of benzene rings is 1. The molecule has 1 saturated carbocycles. The molecule has 1 aliphatic carbocycles. The van der Waals surface area contributed by atoms with Crippen molar-refractivity contribution in [2.45, 2.75) is 19.8 Å². The van der Waals surface area contributed by atoms with Crippen LogP contribution in [0, 0.1) is 18.2 Å². The Morgan fingerprint density at radius 3 is 2.49 bits per heavy atom. The van der Waals surface area contributed by atoms with Crippen LogP contribution in [0.2, 0.25) is 0 Å². The molecule has 1 aliphatic rings. The molecule has 4 aromatic rings. The van der Waals surface area contributed by atoms with Gasteiger partial charge in [0.15, 0.2) is 11.6 Å². The molecule has 35 heavy (non-hydrogen) atoms. The Morgan fingerprint density at radius 2 is 1.86 bits per heavy atom. The van der Waals surface area contributed by atoms with Crippen LogP contribution in [-0.2, 0) is 4.79 Å². The molecule has 0 aliphatic heterocycles. The number of aromatic nitrogens is 4. The van der Waals surface area contributed by atoms with Gasteiger partial charge in [-0.15, -0.1) is 0 Å². The molecule has 3 aromatic heterocycles. The number of carbonyl (C=O) groups is 1. The summed E-state index contributed by atoms with van der Waals surface area (Å²) in [6.45, 7) is 1.94. The molecule has 3 heterocycles. The highest BCUT2D eigenvalue weighted by Crippen LogP contribution is 2.46. The van der Waals surface area contributed by atoms with Crippen molar-refractivity contribution < 1.29 is 23.8 Å². The van der Waals surface area contributed by atoms with E-state index in [0.717, 1.165) is 22.6 Å². The van der Waals surface area contributed by atoms with Gasteiger partial charge in [0.1, 0.15) is 23.5 Å². The number of H-pyrrole nitrogens is 1. The number of pyridine rings is 2. The molecule has 0 spiro atoms. The highest BCUT2D eigenvalue weighted by Gasteiger charge is 2.51. The monoisotopic (exact) mass is 474 g/mol. The van der Waals surface area contributed by atoms with Crippen LogP contribution < -0.4 is 9.47 Å². The summed E-state index contributed by atoms with van der Waals surface area (Å²) in [6, 6.07) is 10.6. The lowest BCUT2D eigenvalue weighted by atomic mass is 10.0. The third kappa shape index (κ3) is 4.44. The number of aliphatic carboxylic acids is 1. The second-order valence-electron chi connectivity index (χ2n) is 8.64.